The number of ether oxygens (including phenoxy) is 1. The number of carboxylic acid groups (broad SMARTS) is 1. The molecule has 0 saturated heterocycles. The van der Waals surface area contributed by atoms with E-state index in [1.165, 1.54) is 0 Å². The van der Waals surface area contributed by atoms with E-state index in [4.69, 9.17) is 15.3 Å². The Morgan fingerprint density at radius 3 is 2.38 bits per heavy atom. The zero-order chi connectivity index (χ0) is 19.6. The molecule has 0 saturated carbocycles. The van der Waals surface area contributed by atoms with E-state index in [-0.39, 0.29) is 13.0 Å². The van der Waals surface area contributed by atoms with Crippen LogP contribution in [0.25, 0.3) is 0 Å². The number of benzene rings is 1. The maximum atomic E-state index is 11.5. The highest BCUT2D eigenvalue weighted by Crippen LogP contribution is 2.14. The minimum Gasteiger partial charge on any atom is -0.480 e. The summed E-state index contributed by atoms with van der Waals surface area (Å²) < 4.78 is 5.12. The van der Waals surface area contributed by atoms with Gasteiger partial charge in [-0.15, -0.1) is 0 Å². The maximum absolute atomic E-state index is 11.5. The molecule has 26 heavy (non-hydrogen) atoms. The van der Waals surface area contributed by atoms with Gasteiger partial charge in [-0.05, 0) is 52.2 Å². The highest BCUT2D eigenvalue weighted by atomic mass is 16.6. The Hall–Kier alpha value is -2.32. The van der Waals surface area contributed by atoms with Crippen molar-refractivity contribution >= 4 is 17.7 Å². The number of carbonyl (C=O) groups is 2. The van der Waals surface area contributed by atoms with Gasteiger partial charge < -0.3 is 20.9 Å². The molecule has 1 amide bonds. The standard InChI is InChI=1S/C18H29N3O5/c1-17(2,3)26-16(24)20-12-8-7-11-18(19,15(22)23)13-25-21-14-9-5-4-6-10-14/h4-6,9-10,21H,7-8,11-13,19H2,1-3H3,(H,20,24)(H,22,23)/t18-/m0/s1. The van der Waals surface area contributed by atoms with Crippen LogP contribution in [0.4, 0.5) is 10.5 Å². The Labute approximate surface area is 154 Å². The van der Waals surface area contributed by atoms with E-state index >= 15 is 0 Å². The van der Waals surface area contributed by atoms with Crippen molar-refractivity contribution in [2.75, 3.05) is 18.6 Å². The number of carbonyl (C=O) groups excluding carboxylic acids is 1. The van der Waals surface area contributed by atoms with Gasteiger partial charge in [0.25, 0.3) is 0 Å². The minimum atomic E-state index is -1.51. The van der Waals surface area contributed by atoms with Crippen molar-refractivity contribution in [1.82, 2.24) is 5.32 Å². The molecule has 0 aromatic heterocycles. The van der Waals surface area contributed by atoms with Gasteiger partial charge in [0.05, 0.1) is 5.69 Å². The number of nitrogens with one attached hydrogen (secondary N) is 2. The quantitative estimate of drug-likeness (QED) is 0.370. The molecule has 1 aromatic carbocycles. The molecule has 0 spiro atoms. The van der Waals surface area contributed by atoms with Crippen LogP contribution in [0, 0.1) is 0 Å². The summed E-state index contributed by atoms with van der Waals surface area (Å²) in [6, 6.07) is 9.11. The van der Waals surface area contributed by atoms with Gasteiger partial charge in [0.15, 0.2) is 0 Å². The van der Waals surface area contributed by atoms with Crippen LogP contribution in [0.15, 0.2) is 30.3 Å². The third kappa shape index (κ3) is 8.68. The van der Waals surface area contributed by atoms with Gasteiger partial charge in [-0.3, -0.25) is 15.1 Å². The third-order valence-corrected chi connectivity index (χ3v) is 3.44. The second-order valence-electron chi connectivity index (χ2n) is 7.10. The van der Waals surface area contributed by atoms with E-state index < -0.39 is 23.2 Å². The van der Waals surface area contributed by atoms with Gasteiger partial charge in [-0.2, -0.15) is 0 Å². The number of hydrogen-bond acceptors (Lipinski definition) is 6. The molecule has 0 aliphatic heterocycles. The van der Waals surface area contributed by atoms with E-state index in [0.29, 0.717) is 25.1 Å². The Balaban J connectivity index is 2.31. The number of nitrogens with two attached hydrogens (primary N) is 1. The van der Waals surface area contributed by atoms with Crippen molar-refractivity contribution in [2.24, 2.45) is 5.73 Å². The number of carboxylic acids is 1. The number of para-hydroxylation sites is 1. The first-order valence-electron chi connectivity index (χ1n) is 8.54. The minimum absolute atomic E-state index is 0.184. The third-order valence-electron chi connectivity index (χ3n) is 3.44. The van der Waals surface area contributed by atoms with Crippen LogP contribution in [0.2, 0.25) is 0 Å². The number of unbranched alkanes of at least 4 members (excludes halogenated alkanes) is 1. The SMILES string of the molecule is CC(C)(C)OC(=O)NCCCC[C@](N)(CONc1ccccc1)C(=O)O. The van der Waals surface area contributed by atoms with Gasteiger partial charge in [0, 0.05) is 6.54 Å². The smallest absolute Gasteiger partial charge is 0.407 e. The van der Waals surface area contributed by atoms with E-state index in [2.05, 4.69) is 10.8 Å². The lowest BCUT2D eigenvalue weighted by molar-refractivity contribution is -0.145. The molecule has 0 fully saturated rings. The molecule has 1 rings (SSSR count). The summed E-state index contributed by atoms with van der Waals surface area (Å²) in [6.07, 6.45) is 0.824. The molecule has 0 radical (unpaired) electrons. The molecule has 146 valence electrons. The molecule has 8 heteroatoms. The average Bonchev–Trinajstić information content (AvgIpc) is 2.53. The first-order chi connectivity index (χ1) is 12.1. The molecule has 0 aliphatic rings. The largest absolute Gasteiger partial charge is 0.480 e. The fraction of sp³-hybridized carbons (Fsp3) is 0.556. The van der Waals surface area contributed by atoms with Crippen molar-refractivity contribution in [3.05, 3.63) is 30.3 Å². The summed E-state index contributed by atoms with van der Waals surface area (Å²) in [5, 5.41) is 12.0. The lowest BCUT2D eigenvalue weighted by Crippen LogP contribution is -2.52. The Morgan fingerprint density at radius 1 is 1.15 bits per heavy atom. The van der Waals surface area contributed by atoms with Crippen LogP contribution in [-0.2, 0) is 14.4 Å². The molecular formula is C18H29N3O5. The first kappa shape index (κ1) is 21.7. The van der Waals surface area contributed by atoms with E-state index in [1.807, 2.05) is 18.2 Å². The van der Waals surface area contributed by atoms with Gasteiger partial charge in [0.1, 0.15) is 17.7 Å². The summed E-state index contributed by atoms with van der Waals surface area (Å²) in [6.45, 7) is 5.55. The number of hydrogen-bond donors (Lipinski definition) is 4. The molecule has 0 unspecified atom stereocenters. The van der Waals surface area contributed by atoms with Crippen LogP contribution in [0.3, 0.4) is 0 Å². The topological polar surface area (TPSA) is 123 Å². The van der Waals surface area contributed by atoms with Crippen molar-refractivity contribution < 1.29 is 24.3 Å². The Kier molecular flexibility index (Phi) is 8.34. The summed E-state index contributed by atoms with van der Waals surface area (Å²) in [4.78, 5) is 28.2. The molecule has 5 N–H and O–H groups in total. The molecule has 0 bridgehead atoms. The van der Waals surface area contributed by atoms with Crippen molar-refractivity contribution in [3.8, 4) is 0 Å². The molecule has 1 aromatic rings. The second-order valence-corrected chi connectivity index (χ2v) is 7.10. The van der Waals surface area contributed by atoms with E-state index in [1.54, 1.807) is 32.9 Å². The second kappa shape index (κ2) is 9.98. The summed E-state index contributed by atoms with van der Waals surface area (Å²) in [5.41, 5.74) is 7.28. The Morgan fingerprint density at radius 2 is 1.81 bits per heavy atom. The number of anilines is 1. The first-order valence-corrected chi connectivity index (χ1v) is 8.54. The molecule has 1 atom stereocenters. The monoisotopic (exact) mass is 367 g/mol. The highest BCUT2D eigenvalue weighted by Gasteiger charge is 2.34. The summed E-state index contributed by atoms with van der Waals surface area (Å²) in [5.74, 6) is -1.13. The molecule has 0 aliphatic carbocycles. The fourth-order valence-electron chi connectivity index (χ4n) is 2.07. The lowest BCUT2D eigenvalue weighted by Gasteiger charge is -2.24. The number of amides is 1. The van der Waals surface area contributed by atoms with Gasteiger partial charge >= 0.3 is 12.1 Å². The van der Waals surface area contributed by atoms with Gasteiger partial charge in [-0.25, -0.2) is 4.79 Å². The highest BCUT2D eigenvalue weighted by molar-refractivity contribution is 5.78. The average molecular weight is 367 g/mol. The zero-order valence-electron chi connectivity index (χ0n) is 15.6. The fourth-order valence-corrected chi connectivity index (χ4v) is 2.07. The molecule has 0 heterocycles. The lowest BCUT2D eigenvalue weighted by atomic mass is 9.95. The van der Waals surface area contributed by atoms with Crippen LogP contribution in [-0.4, -0.2) is 41.5 Å². The maximum Gasteiger partial charge on any atom is 0.407 e. The van der Waals surface area contributed by atoms with Crippen molar-refractivity contribution in [1.29, 1.82) is 0 Å². The summed E-state index contributed by atoms with van der Waals surface area (Å²) >= 11 is 0. The van der Waals surface area contributed by atoms with Gasteiger partial charge in [0.2, 0.25) is 0 Å². The van der Waals surface area contributed by atoms with E-state index in [9.17, 15) is 14.7 Å². The van der Waals surface area contributed by atoms with Crippen LogP contribution in [0.1, 0.15) is 40.0 Å². The Bertz CT molecular complexity index is 574. The van der Waals surface area contributed by atoms with E-state index in [0.717, 1.165) is 0 Å². The molecule has 8 nitrogen and oxygen atoms in total. The number of aliphatic carboxylic acids is 1. The predicted molar refractivity (Wildman–Crippen MR) is 98.7 cm³/mol. The zero-order valence-corrected chi connectivity index (χ0v) is 15.6. The number of rotatable bonds is 10. The van der Waals surface area contributed by atoms with Crippen LogP contribution >= 0.6 is 0 Å². The predicted octanol–water partition coefficient (Wildman–Crippen LogP) is 2.51. The molecular weight excluding hydrogens is 338 g/mol. The summed E-state index contributed by atoms with van der Waals surface area (Å²) in [7, 11) is 0. The normalized spacial score (nSPS) is 13.5. The van der Waals surface area contributed by atoms with Crippen molar-refractivity contribution in [3.63, 3.8) is 0 Å². The van der Waals surface area contributed by atoms with Gasteiger partial charge in [-0.1, -0.05) is 18.2 Å². The van der Waals surface area contributed by atoms with Crippen LogP contribution < -0.4 is 16.5 Å². The van der Waals surface area contributed by atoms with Crippen LogP contribution in [0.5, 0.6) is 0 Å². The number of alkyl carbamates (subject to hydrolysis) is 1. The van der Waals surface area contributed by atoms with Crippen molar-refractivity contribution in [2.45, 2.75) is 51.2 Å².